The van der Waals surface area contributed by atoms with E-state index in [1.165, 1.54) is 12.4 Å². The molecule has 0 aliphatic heterocycles. The third-order valence-electron chi connectivity index (χ3n) is 5.16. The number of nitrogens with zero attached hydrogens (tertiary/aromatic N) is 2. The van der Waals surface area contributed by atoms with Crippen molar-refractivity contribution in [1.29, 1.82) is 0 Å². The summed E-state index contributed by atoms with van der Waals surface area (Å²) in [4.78, 5) is 46.6. The van der Waals surface area contributed by atoms with Gasteiger partial charge in [-0.15, -0.1) is 0 Å². The Morgan fingerprint density at radius 2 is 1.70 bits per heavy atom. The van der Waals surface area contributed by atoms with Crippen LogP contribution in [0.2, 0.25) is 5.02 Å². The van der Waals surface area contributed by atoms with E-state index in [1.54, 1.807) is 0 Å². The van der Waals surface area contributed by atoms with Gasteiger partial charge in [-0.25, -0.2) is 9.97 Å². The molecule has 1 aromatic heterocycles. The zero-order valence-electron chi connectivity index (χ0n) is 17.9. The molecule has 6 nitrogen and oxygen atoms in total. The Morgan fingerprint density at radius 3 is 2.23 bits per heavy atom. The number of carbonyl (C=O) groups excluding carboxylic acids is 3. The van der Waals surface area contributed by atoms with Crippen LogP contribution in [0, 0.1) is 19.8 Å². The number of benzene rings is 1. The third-order valence-corrected chi connectivity index (χ3v) is 5.36. The minimum Gasteiger partial charge on any atom is -0.351 e. The van der Waals surface area contributed by atoms with Crippen molar-refractivity contribution >= 4 is 29.1 Å². The molecule has 1 amide bonds. The molecule has 1 saturated carbocycles. The SMILES string of the molecule is Cc1cc(-c2ncc(Cl)cn2)cc(C)c1C1C(=O)C[C@@H](CC(=O)NC(C)(C)C)C1=O. The molecule has 1 heterocycles. The standard InChI is InChI=1S/C23H26ClN3O3/c1-12-6-15(22-25-10-16(24)11-26-22)7-13(2)19(12)20-17(28)8-14(21(20)30)9-18(29)27-23(3,4)5/h6-7,10-11,14,20H,8-9H2,1-5H3,(H,27,29)/t14-,20?/m0/s1. The van der Waals surface area contributed by atoms with Gasteiger partial charge in [0.1, 0.15) is 11.7 Å². The number of aryl methyl sites for hydroxylation is 2. The number of Topliss-reactive ketones (excluding diaryl/α,β-unsaturated/α-hetero) is 2. The van der Waals surface area contributed by atoms with E-state index < -0.39 is 11.8 Å². The summed E-state index contributed by atoms with van der Waals surface area (Å²) >= 11 is 5.86. The molecule has 0 radical (unpaired) electrons. The molecule has 7 heteroatoms. The lowest BCUT2D eigenvalue weighted by molar-refractivity contribution is -0.129. The number of carbonyl (C=O) groups is 3. The quantitative estimate of drug-likeness (QED) is 0.746. The molecule has 1 aliphatic carbocycles. The molecule has 0 bridgehead atoms. The average Bonchev–Trinajstić information content (AvgIpc) is 2.87. The summed E-state index contributed by atoms with van der Waals surface area (Å²) in [5.41, 5.74) is 2.80. The fraction of sp³-hybridized carbons (Fsp3) is 0.435. The van der Waals surface area contributed by atoms with Crippen LogP contribution >= 0.6 is 11.6 Å². The van der Waals surface area contributed by atoms with Crippen molar-refractivity contribution in [2.45, 2.75) is 58.9 Å². The van der Waals surface area contributed by atoms with Gasteiger partial charge in [-0.05, 0) is 63.4 Å². The molecule has 30 heavy (non-hydrogen) atoms. The third kappa shape index (κ3) is 4.75. The molecule has 0 saturated heterocycles. The van der Waals surface area contributed by atoms with Gasteiger partial charge in [0.25, 0.3) is 0 Å². The molecule has 1 N–H and O–H groups in total. The van der Waals surface area contributed by atoms with Crippen LogP contribution in [0.5, 0.6) is 0 Å². The van der Waals surface area contributed by atoms with Crippen LogP contribution in [0.25, 0.3) is 11.4 Å². The van der Waals surface area contributed by atoms with Crippen LogP contribution < -0.4 is 5.32 Å². The highest BCUT2D eigenvalue weighted by atomic mass is 35.5. The molecule has 1 aromatic carbocycles. The van der Waals surface area contributed by atoms with E-state index in [-0.39, 0.29) is 35.9 Å². The van der Waals surface area contributed by atoms with Gasteiger partial charge >= 0.3 is 0 Å². The van der Waals surface area contributed by atoms with E-state index in [0.717, 1.165) is 22.3 Å². The predicted octanol–water partition coefficient (Wildman–Crippen LogP) is 3.96. The van der Waals surface area contributed by atoms with Gasteiger partial charge in [-0.1, -0.05) is 11.6 Å². The molecule has 3 rings (SSSR count). The lowest BCUT2D eigenvalue weighted by atomic mass is 9.86. The summed E-state index contributed by atoms with van der Waals surface area (Å²) in [7, 11) is 0. The van der Waals surface area contributed by atoms with Crippen molar-refractivity contribution in [3.8, 4) is 11.4 Å². The highest BCUT2D eigenvalue weighted by Crippen LogP contribution is 2.38. The molecule has 1 aliphatic rings. The van der Waals surface area contributed by atoms with Crippen LogP contribution in [-0.4, -0.2) is 33.0 Å². The van der Waals surface area contributed by atoms with Crippen molar-refractivity contribution in [1.82, 2.24) is 15.3 Å². The van der Waals surface area contributed by atoms with E-state index in [0.29, 0.717) is 10.8 Å². The minimum atomic E-state index is -0.822. The maximum absolute atomic E-state index is 13.1. The number of ketones is 2. The Balaban J connectivity index is 1.86. The first-order valence-corrected chi connectivity index (χ1v) is 10.3. The summed E-state index contributed by atoms with van der Waals surface area (Å²) in [6, 6.07) is 3.76. The zero-order chi connectivity index (χ0) is 22.2. The van der Waals surface area contributed by atoms with E-state index in [1.807, 2.05) is 46.8 Å². The van der Waals surface area contributed by atoms with Gasteiger partial charge in [-0.3, -0.25) is 14.4 Å². The van der Waals surface area contributed by atoms with Crippen LogP contribution in [0.3, 0.4) is 0 Å². The predicted molar refractivity (Wildman–Crippen MR) is 115 cm³/mol. The lowest BCUT2D eigenvalue weighted by Gasteiger charge is -2.21. The van der Waals surface area contributed by atoms with Gasteiger partial charge in [0.15, 0.2) is 11.6 Å². The number of aromatic nitrogens is 2. The second kappa shape index (κ2) is 8.26. The van der Waals surface area contributed by atoms with Crippen molar-refractivity contribution in [2.75, 3.05) is 0 Å². The first-order chi connectivity index (χ1) is 14.0. The van der Waals surface area contributed by atoms with Gasteiger partial charge in [-0.2, -0.15) is 0 Å². The Kier molecular flexibility index (Phi) is 6.09. The Morgan fingerprint density at radius 1 is 1.13 bits per heavy atom. The van der Waals surface area contributed by atoms with Crippen LogP contribution in [0.4, 0.5) is 0 Å². The summed E-state index contributed by atoms with van der Waals surface area (Å²) in [5.74, 6) is -1.39. The highest BCUT2D eigenvalue weighted by molar-refractivity contribution is 6.30. The fourth-order valence-corrected chi connectivity index (χ4v) is 4.14. The zero-order valence-corrected chi connectivity index (χ0v) is 18.6. The molecular formula is C23H26ClN3O3. The molecule has 1 fully saturated rings. The smallest absolute Gasteiger partial charge is 0.221 e. The van der Waals surface area contributed by atoms with E-state index in [9.17, 15) is 14.4 Å². The lowest BCUT2D eigenvalue weighted by Crippen LogP contribution is -2.41. The van der Waals surface area contributed by atoms with Crippen molar-refractivity contribution in [3.63, 3.8) is 0 Å². The Bertz CT molecular complexity index is 986. The second-order valence-electron chi connectivity index (χ2n) is 8.95. The number of nitrogens with one attached hydrogen (secondary N) is 1. The topological polar surface area (TPSA) is 89.0 Å². The molecule has 2 atom stereocenters. The maximum Gasteiger partial charge on any atom is 0.221 e. The van der Waals surface area contributed by atoms with Gasteiger partial charge in [0.2, 0.25) is 5.91 Å². The Hall–Kier alpha value is -2.60. The van der Waals surface area contributed by atoms with Gasteiger partial charge < -0.3 is 5.32 Å². The number of amides is 1. The monoisotopic (exact) mass is 427 g/mol. The normalized spacial score (nSPS) is 19.3. The van der Waals surface area contributed by atoms with E-state index >= 15 is 0 Å². The summed E-state index contributed by atoms with van der Waals surface area (Å²) in [5, 5.41) is 3.31. The highest BCUT2D eigenvalue weighted by Gasteiger charge is 2.44. The van der Waals surface area contributed by atoms with E-state index in [2.05, 4.69) is 15.3 Å². The second-order valence-corrected chi connectivity index (χ2v) is 9.39. The van der Waals surface area contributed by atoms with Crippen molar-refractivity contribution in [3.05, 3.63) is 46.2 Å². The minimum absolute atomic E-state index is 0.0349. The van der Waals surface area contributed by atoms with Gasteiger partial charge in [0, 0.05) is 42.3 Å². The summed E-state index contributed by atoms with van der Waals surface area (Å²) in [6.45, 7) is 9.40. The molecule has 158 valence electrons. The van der Waals surface area contributed by atoms with Crippen LogP contribution in [-0.2, 0) is 14.4 Å². The first-order valence-electron chi connectivity index (χ1n) is 9.93. The van der Waals surface area contributed by atoms with Crippen molar-refractivity contribution in [2.24, 2.45) is 5.92 Å². The number of halogens is 1. The molecule has 1 unspecified atom stereocenters. The van der Waals surface area contributed by atoms with E-state index in [4.69, 9.17) is 11.6 Å². The maximum atomic E-state index is 13.1. The van der Waals surface area contributed by atoms with Crippen LogP contribution in [0.15, 0.2) is 24.5 Å². The van der Waals surface area contributed by atoms with Gasteiger partial charge in [0.05, 0.1) is 5.02 Å². The number of rotatable bonds is 4. The Labute approximate surface area is 181 Å². The number of hydrogen-bond acceptors (Lipinski definition) is 5. The fourth-order valence-electron chi connectivity index (χ4n) is 4.05. The average molecular weight is 428 g/mol. The first kappa shape index (κ1) is 22.1. The van der Waals surface area contributed by atoms with Crippen molar-refractivity contribution < 1.29 is 14.4 Å². The largest absolute Gasteiger partial charge is 0.351 e. The van der Waals surface area contributed by atoms with Crippen LogP contribution in [0.1, 0.15) is 56.2 Å². The molecular weight excluding hydrogens is 402 g/mol. The molecule has 0 spiro atoms. The molecule has 2 aromatic rings. The summed E-state index contributed by atoms with van der Waals surface area (Å²) < 4.78 is 0. The summed E-state index contributed by atoms with van der Waals surface area (Å²) in [6.07, 6.45) is 3.19. The number of hydrogen-bond donors (Lipinski definition) is 1.